The van der Waals surface area contributed by atoms with Gasteiger partial charge in [-0.05, 0) is 41.8 Å². The van der Waals surface area contributed by atoms with E-state index in [0.29, 0.717) is 6.61 Å². The van der Waals surface area contributed by atoms with E-state index in [0.717, 1.165) is 5.56 Å². The Hall–Kier alpha value is -0.916. The Kier molecular flexibility index (Phi) is 7.10. The van der Waals surface area contributed by atoms with Gasteiger partial charge in [-0.15, -0.1) is 0 Å². The van der Waals surface area contributed by atoms with Crippen molar-refractivity contribution in [1.29, 1.82) is 0 Å². The zero-order chi connectivity index (χ0) is 20.4. The van der Waals surface area contributed by atoms with Gasteiger partial charge in [0.1, 0.15) is 5.92 Å². The van der Waals surface area contributed by atoms with E-state index in [9.17, 15) is 4.79 Å². The number of hydrogen-bond donors (Lipinski definition) is 0. The van der Waals surface area contributed by atoms with Gasteiger partial charge >= 0.3 is 5.97 Å². The lowest BCUT2D eigenvalue weighted by Crippen LogP contribution is -2.45. The lowest BCUT2D eigenvalue weighted by Gasteiger charge is -2.39. The fourth-order valence-electron chi connectivity index (χ4n) is 1.97. The predicted molar refractivity (Wildman–Crippen MR) is 116 cm³/mol. The van der Waals surface area contributed by atoms with Crippen molar-refractivity contribution in [3.8, 4) is 0 Å². The SMILES string of the molecule is CC(C)(C)[Si](C)(C)OCC(C(=O)O[Si](C)(C)C(C)(C)C)c1ccccc1. The van der Waals surface area contributed by atoms with Gasteiger partial charge in [0.2, 0.25) is 0 Å². The van der Waals surface area contributed by atoms with Crippen LogP contribution in [0.4, 0.5) is 0 Å². The molecule has 1 unspecified atom stereocenters. The van der Waals surface area contributed by atoms with E-state index in [1.165, 1.54) is 0 Å². The maximum Gasteiger partial charge on any atom is 0.302 e. The highest BCUT2D eigenvalue weighted by atomic mass is 28.4. The van der Waals surface area contributed by atoms with Crippen molar-refractivity contribution >= 4 is 22.6 Å². The summed E-state index contributed by atoms with van der Waals surface area (Å²) in [6, 6.07) is 9.89. The van der Waals surface area contributed by atoms with Crippen LogP contribution in [-0.2, 0) is 13.6 Å². The van der Waals surface area contributed by atoms with Crippen LogP contribution in [0.5, 0.6) is 0 Å². The van der Waals surface area contributed by atoms with Crippen LogP contribution < -0.4 is 0 Å². The van der Waals surface area contributed by atoms with E-state index in [1.54, 1.807) is 0 Å². The minimum absolute atomic E-state index is 0.00974. The molecule has 0 spiro atoms. The van der Waals surface area contributed by atoms with Crippen LogP contribution in [0, 0.1) is 0 Å². The second-order valence-corrected chi connectivity index (χ2v) is 19.8. The normalized spacial score (nSPS) is 14.8. The van der Waals surface area contributed by atoms with Gasteiger partial charge in [-0.1, -0.05) is 71.9 Å². The summed E-state index contributed by atoms with van der Waals surface area (Å²) in [6.07, 6.45) is 0. The maximum absolute atomic E-state index is 13.1. The molecule has 1 atom stereocenters. The van der Waals surface area contributed by atoms with Crippen molar-refractivity contribution < 1.29 is 13.6 Å². The lowest BCUT2D eigenvalue weighted by molar-refractivity contribution is -0.138. The van der Waals surface area contributed by atoms with Crippen LogP contribution in [0.1, 0.15) is 53.0 Å². The molecule has 0 bridgehead atoms. The topological polar surface area (TPSA) is 35.5 Å². The second-order valence-electron chi connectivity index (χ2n) is 10.2. The van der Waals surface area contributed by atoms with E-state index in [-0.39, 0.29) is 22.0 Å². The minimum Gasteiger partial charge on any atom is -0.519 e. The molecular weight excluding hydrogens is 356 g/mol. The van der Waals surface area contributed by atoms with Gasteiger partial charge in [0.15, 0.2) is 8.32 Å². The number of rotatable bonds is 6. The first-order chi connectivity index (χ1) is 11.6. The van der Waals surface area contributed by atoms with Gasteiger partial charge in [-0.25, -0.2) is 0 Å². The molecule has 148 valence electrons. The predicted octanol–water partition coefficient (Wildman–Crippen LogP) is 6.34. The molecule has 1 aromatic carbocycles. The number of carbonyl (C=O) groups excluding carboxylic acids is 1. The molecule has 0 fully saturated rings. The summed E-state index contributed by atoms with van der Waals surface area (Å²) < 4.78 is 12.5. The molecule has 0 aliphatic heterocycles. The molecule has 0 radical (unpaired) electrons. The second kappa shape index (κ2) is 7.99. The summed E-state index contributed by atoms with van der Waals surface area (Å²) in [7, 11) is -4.11. The van der Waals surface area contributed by atoms with Gasteiger partial charge in [0, 0.05) is 0 Å². The Morgan fingerprint density at radius 2 is 1.35 bits per heavy atom. The summed E-state index contributed by atoms with van der Waals surface area (Å²) in [6.45, 7) is 22.1. The van der Waals surface area contributed by atoms with Crippen LogP contribution in [0.3, 0.4) is 0 Å². The summed E-state index contributed by atoms with van der Waals surface area (Å²) in [5, 5.41) is 0.0990. The molecule has 1 rings (SSSR count). The standard InChI is InChI=1S/C21H38O3Si2/c1-20(2,3)25(7,8)23-16-18(17-14-12-11-13-15-17)19(22)24-26(9,10)21(4,5)6/h11-15,18H,16H2,1-10H3. The van der Waals surface area contributed by atoms with Crippen molar-refractivity contribution in [3.05, 3.63) is 35.9 Å². The van der Waals surface area contributed by atoms with Crippen molar-refractivity contribution in [2.75, 3.05) is 6.61 Å². The number of carbonyl (C=O) groups is 1. The third-order valence-electron chi connectivity index (χ3n) is 6.07. The van der Waals surface area contributed by atoms with E-state index in [4.69, 9.17) is 8.85 Å². The maximum atomic E-state index is 13.1. The van der Waals surface area contributed by atoms with E-state index >= 15 is 0 Å². The first kappa shape index (κ1) is 23.1. The number of benzene rings is 1. The summed E-state index contributed by atoms with van der Waals surface area (Å²) >= 11 is 0. The van der Waals surface area contributed by atoms with Crippen LogP contribution in [0.15, 0.2) is 30.3 Å². The Bertz CT molecular complexity index is 596. The molecule has 26 heavy (non-hydrogen) atoms. The first-order valence-electron chi connectivity index (χ1n) is 9.50. The van der Waals surface area contributed by atoms with Crippen molar-refractivity contribution in [1.82, 2.24) is 0 Å². The molecule has 0 aromatic heterocycles. The van der Waals surface area contributed by atoms with Crippen LogP contribution >= 0.6 is 0 Å². The Balaban J connectivity index is 3.06. The molecule has 0 heterocycles. The monoisotopic (exact) mass is 394 g/mol. The van der Waals surface area contributed by atoms with Gasteiger partial charge in [-0.3, -0.25) is 4.79 Å². The Labute approximate surface area is 162 Å². The van der Waals surface area contributed by atoms with Crippen LogP contribution in [0.25, 0.3) is 0 Å². The molecule has 3 nitrogen and oxygen atoms in total. The summed E-state index contributed by atoms with van der Waals surface area (Å²) in [5.74, 6) is -0.527. The minimum atomic E-state index is -2.17. The highest BCUT2D eigenvalue weighted by Gasteiger charge is 2.43. The van der Waals surface area contributed by atoms with Crippen molar-refractivity contribution in [2.45, 2.75) is 83.7 Å². The highest BCUT2D eigenvalue weighted by molar-refractivity contribution is 6.75. The third-order valence-corrected chi connectivity index (χ3v) is 14.9. The van der Waals surface area contributed by atoms with Crippen molar-refractivity contribution in [3.63, 3.8) is 0 Å². The van der Waals surface area contributed by atoms with Gasteiger partial charge in [0.05, 0.1) is 6.61 Å². The van der Waals surface area contributed by atoms with Gasteiger partial charge in [0.25, 0.3) is 8.32 Å². The zero-order valence-corrected chi connectivity index (χ0v) is 20.4. The van der Waals surface area contributed by atoms with Crippen molar-refractivity contribution in [2.24, 2.45) is 0 Å². The molecule has 0 N–H and O–H groups in total. The van der Waals surface area contributed by atoms with Gasteiger partial charge < -0.3 is 8.85 Å². The van der Waals surface area contributed by atoms with E-state index in [1.807, 2.05) is 30.3 Å². The van der Waals surface area contributed by atoms with E-state index < -0.39 is 16.6 Å². The average molecular weight is 395 g/mol. The lowest BCUT2D eigenvalue weighted by atomic mass is 10.0. The van der Waals surface area contributed by atoms with Crippen LogP contribution in [-0.4, -0.2) is 29.2 Å². The Morgan fingerprint density at radius 1 is 0.885 bits per heavy atom. The van der Waals surface area contributed by atoms with Crippen LogP contribution in [0.2, 0.25) is 36.3 Å². The summed E-state index contributed by atoms with van der Waals surface area (Å²) in [5.41, 5.74) is 0.968. The fourth-order valence-corrected chi connectivity index (χ4v) is 3.94. The average Bonchev–Trinajstić information content (AvgIpc) is 2.45. The largest absolute Gasteiger partial charge is 0.519 e. The third kappa shape index (κ3) is 5.79. The molecular formula is C21H38O3Si2. The molecule has 5 heteroatoms. The zero-order valence-electron chi connectivity index (χ0n) is 18.4. The molecule has 0 aliphatic rings. The Morgan fingerprint density at radius 3 is 1.77 bits per heavy atom. The number of hydrogen-bond acceptors (Lipinski definition) is 3. The smallest absolute Gasteiger partial charge is 0.302 e. The fraction of sp³-hybridized carbons (Fsp3) is 0.667. The quantitative estimate of drug-likeness (QED) is 0.528. The van der Waals surface area contributed by atoms with E-state index in [2.05, 4.69) is 67.7 Å². The molecule has 1 aromatic rings. The molecule has 0 saturated carbocycles. The highest BCUT2D eigenvalue weighted by Crippen LogP contribution is 2.39. The molecule has 0 saturated heterocycles. The first-order valence-corrected chi connectivity index (χ1v) is 15.3. The molecule has 0 amide bonds. The van der Waals surface area contributed by atoms with Gasteiger partial charge in [-0.2, -0.15) is 0 Å². The summed E-state index contributed by atoms with van der Waals surface area (Å²) in [4.78, 5) is 13.1. The molecule has 0 aliphatic carbocycles.